The van der Waals surface area contributed by atoms with Gasteiger partial charge >= 0.3 is 0 Å². The molecule has 2 aromatic carbocycles. The summed E-state index contributed by atoms with van der Waals surface area (Å²) in [6.45, 7) is 3.97. The van der Waals surface area contributed by atoms with Crippen molar-refractivity contribution >= 4 is 22.5 Å². The molecule has 0 N–H and O–H groups in total. The predicted molar refractivity (Wildman–Crippen MR) is 103 cm³/mol. The van der Waals surface area contributed by atoms with E-state index < -0.39 is 0 Å². The van der Waals surface area contributed by atoms with Gasteiger partial charge in [-0.15, -0.1) is 0 Å². The number of nitrogens with zero attached hydrogens (tertiary/aromatic N) is 2. The van der Waals surface area contributed by atoms with Crippen molar-refractivity contribution < 1.29 is 4.79 Å². The molecule has 0 unspecified atom stereocenters. The average molecular weight is 332 g/mol. The van der Waals surface area contributed by atoms with Crippen molar-refractivity contribution in [2.75, 3.05) is 11.4 Å². The summed E-state index contributed by atoms with van der Waals surface area (Å²) in [5.41, 5.74) is 5.05. The summed E-state index contributed by atoms with van der Waals surface area (Å²) < 4.78 is 2.29. The zero-order chi connectivity index (χ0) is 17.2. The summed E-state index contributed by atoms with van der Waals surface area (Å²) in [6, 6.07) is 16.8. The van der Waals surface area contributed by atoms with Crippen molar-refractivity contribution in [3.8, 4) is 0 Å². The molecular weight excluding hydrogens is 308 g/mol. The van der Waals surface area contributed by atoms with Gasteiger partial charge in [0.15, 0.2) is 0 Å². The Balaban J connectivity index is 1.43. The van der Waals surface area contributed by atoms with Crippen LogP contribution >= 0.6 is 0 Å². The van der Waals surface area contributed by atoms with Crippen LogP contribution in [0.15, 0.2) is 54.7 Å². The summed E-state index contributed by atoms with van der Waals surface area (Å²) in [4.78, 5) is 14.6. The van der Waals surface area contributed by atoms with Crippen LogP contribution < -0.4 is 4.90 Å². The maximum absolute atomic E-state index is 12.6. The van der Waals surface area contributed by atoms with Crippen molar-refractivity contribution in [2.45, 2.75) is 39.2 Å². The molecule has 4 rings (SSSR count). The molecule has 25 heavy (non-hydrogen) atoms. The molecular formula is C22H24N2O. The van der Waals surface area contributed by atoms with Crippen LogP contribution in [0.3, 0.4) is 0 Å². The van der Waals surface area contributed by atoms with Crippen LogP contribution in [0.5, 0.6) is 0 Å². The first-order valence-corrected chi connectivity index (χ1v) is 9.23. The van der Waals surface area contributed by atoms with Gasteiger partial charge in [0.1, 0.15) is 0 Å². The molecule has 128 valence electrons. The molecule has 3 heteroatoms. The SMILES string of the molecule is CCn1cc(CCCC(=O)N2CCc3ccccc32)c2ccccc21. The Labute approximate surface area is 148 Å². The quantitative estimate of drug-likeness (QED) is 0.672. The van der Waals surface area contributed by atoms with Gasteiger partial charge in [-0.3, -0.25) is 4.79 Å². The number of rotatable bonds is 5. The topological polar surface area (TPSA) is 25.2 Å². The van der Waals surface area contributed by atoms with Crippen molar-refractivity contribution in [1.29, 1.82) is 0 Å². The fourth-order valence-corrected chi connectivity index (χ4v) is 3.95. The molecule has 1 aliphatic heterocycles. The number of carbonyl (C=O) groups is 1. The number of hydrogen-bond acceptors (Lipinski definition) is 1. The molecule has 0 bridgehead atoms. The van der Waals surface area contributed by atoms with E-state index in [1.165, 1.54) is 22.0 Å². The van der Waals surface area contributed by atoms with Gasteiger partial charge in [-0.25, -0.2) is 0 Å². The van der Waals surface area contributed by atoms with Gasteiger partial charge in [0.2, 0.25) is 5.91 Å². The van der Waals surface area contributed by atoms with E-state index in [2.05, 4.69) is 60.2 Å². The van der Waals surface area contributed by atoms with E-state index >= 15 is 0 Å². The van der Waals surface area contributed by atoms with E-state index in [-0.39, 0.29) is 5.91 Å². The highest BCUT2D eigenvalue weighted by molar-refractivity contribution is 5.95. The van der Waals surface area contributed by atoms with Crippen molar-refractivity contribution in [1.82, 2.24) is 4.57 Å². The van der Waals surface area contributed by atoms with Crippen molar-refractivity contribution in [2.24, 2.45) is 0 Å². The van der Waals surface area contributed by atoms with Gasteiger partial charge in [0, 0.05) is 42.3 Å². The molecule has 3 aromatic rings. The van der Waals surface area contributed by atoms with Gasteiger partial charge in [0.25, 0.3) is 0 Å². The lowest BCUT2D eigenvalue weighted by molar-refractivity contribution is -0.118. The molecule has 0 saturated heterocycles. The lowest BCUT2D eigenvalue weighted by Crippen LogP contribution is -2.28. The largest absolute Gasteiger partial charge is 0.347 e. The third-order valence-electron chi connectivity index (χ3n) is 5.24. The first-order valence-electron chi connectivity index (χ1n) is 9.23. The second-order valence-electron chi connectivity index (χ2n) is 6.74. The van der Waals surface area contributed by atoms with Crippen LogP contribution in [0, 0.1) is 0 Å². The number of anilines is 1. The molecule has 0 radical (unpaired) electrons. The lowest BCUT2D eigenvalue weighted by Gasteiger charge is -2.17. The van der Waals surface area contributed by atoms with Crippen molar-refractivity contribution in [3.05, 3.63) is 65.9 Å². The fraction of sp³-hybridized carbons (Fsp3) is 0.318. The molecule has 0 saturated carbocycles. The zero-order valence-corrected chi connectivity index (χ0v) is 14.7. The highest BCUT2D eigenvalue weighted by Gasteiger charge is 2.23. The Hall–Kier alpha value is -2.55. The number of amides is 1. The first kappa shape index (κ1) is 15.9. The average Bonchev–Trinajstić information content (AvgIpc) is 3.23. The van der Waals surface area contributed by atoms with Crippen LogP contribution in [0.2, 0.25) is 0 Å². The minimum atomic E-state index is 0.254. The molecule has 0 aliphatic carbocycles. The van der Waals surface area contributed by atoms with E-state index in [9.17, 15) is 4.79 Å². The number of benzene rings is 2. The summed E-state index contributed by atoms with van der Waals surface area (Å²) >= 11 is 0. The standard InChI is InChI=1S/C22H24N2O/c1-2-23-16-18(19-10-4-6-12-21(19)23)9-7-13-22(25)24-15-14-17-8-3-5-11-20(17)24/h3-6,8,10-12,16H,2,7,9,13-15H2,1H3. The van der Waals surface area contributed by atoms with Crippen LogP contribution in [-0.2, 0) is 24.2 Å². The number of carbonyl (C=O) groups excluding carboxylic acids is 1. The molecule has 2 heterocycles. The van der Waals surface area contributed by atoms with Gasteiger partial charge in [-0.2, -0.15) is 0 Å². The third kappa shape index (κ3) is 2.95. The number of hydrogen-bond donors (Lipinski definition) is 0. The summed E-state index contributed by atoms with van der Waals surface area (Å²) in [5, 5.41) is 1.32. The second-order valence-corrected chi connectivity index (χ2v) is 6.74. The second kappa shape index (κ2) is 6.75. The number of aromatic nitrogens is 1. The smallest absolute Gasteiger partial charge is 0.227 e. The number of para-hydroxylation sites is 2. The Bertz CT molecular complexity index is 909. The third-order valence-corrected chi connectivity index (χ3v) is 5.24. The Kier molecular flexibility index (Phi) is 4.31. The molecule has 3 nitrogen and oxygen atoms in total. The fourth-order valence-electron chi connectivity index (χ4n) is 3.95. The van der Waals surface area contributed by atoms with Crippen molar-refractivity contribution in [3.63, 3.8) is 0 Å². The summed E-state index contributed by atoms with van der Waals surface area (Å²) in [5.74, 6) is 0.254. The molecule has 0 fully saturated rings. The number of fused-ring (bicyclic) bond motifs is 2. The van der Waals surface area contributed by atoms with Gasteiger partial charge < -0.3 is 9.47 Å². The Morgan fingerprint density at radius 2 is 1.88 bits per heavy atom. The highest BCUT2D eigenvalue weighted by Crippen LogP contribution is 2.28. The molecule has 1 aliphatic rings. The Morgan fingerprint density at radius 1 is 1.08 bits per heavy atom. The summed E-state index contributed by atoms with van der Waals surface area (Å²) in [7, 11) is 0. The van der Waals surface area contributed by atoms with Crippen LogP contribution in [0.1, 0.15) is 30.9 Å². The van der Waals surface area contributed by atoms with E-state index in [0.29, 0.717) is 6.42 Å². The maximum atomic E-state index is 12.6. The van der Waals surface area contributed by atoms with E-state index in [0.717, 1.165) is 38.0 Å². The van der Waals surface area contributed by atoms with Gasteiger partial charge in [-0.1, -0.05) is 36.4 Å². The molecule has 0 atom stereocenters. The monoisotopic (exact) mass is 332 g/mol. The minimum absolute atomic E-state index is 0.254. The lowest BCUT2D eigenvalue weighted by atomic mass is 10.1. The van der Waals surface area contributed by atoms with Gasteiger partial charge in [-0.05, 0) is 49.4 Å². The Morgan fingerprint density at radius 3 is 2.76 bits per heavy atom. The molecule has 0 spiro atoms. The van der Waals surface area contributed by atoms with Crippen LogP contribution in [0.25, 0.3) is 10.9 Å². The predicted octanol–water partition coefficient (Wildman–Crippen LogP) is 4.57. The first-order chi connectivity index (χ1) is 12.3. The minimum Gasteiger partial charge on any atom is -0.347 e. The normalized spacial score (nSPS) is 13.4. The zero-order valence-electron chi connectivity index (χ0n) is 14.7. The van der Waals surface area contributed by atoms with E-state index in [1.54, 1.807) is 0 Å². The molecule has 1 aromatic heterocycles. The maximum Gasteiger partial charge on any atom is 0.227 e. The summed E-state index contributed by atoms with van der Waals surface area (Å²) in [6.07, 6.45) is 5.69. The molecule has 1 amide bonds. The van der Waals surface area contributed by atoms with E-state index in [4.69, 9.17) is 0 Å². The highest BCUT2D eigenvalue weighted by atomic mass is 16.2. The van der Waals surface area contributed by atoms with Crippen LogP contribution in [-0.4, -0.2) is 17.0 Å². The van der Waals surface area contributed by atoms with Crippen LogP contribution in [0.4, 0.5) is 5.69 Å². The number of aryl methyl sites for hydroxylation is 2. The van der Waals surface area contributed by atoms with Gasteiger partial charge in [0.05, 0.1) is 0 Å². The van der Waals surface area contributed by atoms with E-state index in [1.807, 2.05) is 11.0 Å².